The predicted molar refractivity (Wildman–Crippen MR) is 70.1 cm³/mol. The quantitative estimate of drug-likeness (QED) is 0.878. The van der Waals surface area contributed by atoms with Crippen molar-refractivity contribution < 1.29 is 0 Å². The number of amidine groups is 1. The normalized spacial score (nSPS) is 16.5. The minimum atomic E-state index is 0.194. The molecule has 2 rings (SSSR count). The topological polar surface area (TPSA) is 24.4 Å². The van der Waals surface area contributed by atoms with E-state index in [0.29, 0.717) is 0 Å². The fourth-order valence-corrected chi connectivity index (χ4v) is 3.07. The average molecular weight is 240 g/mol. The lowest BCUT2D eigenvalue weighted by Crippen LogP contribution is -2.34. The zero-order valence-corrected chi connectivity index (χ0v) is 10.8. The van der Waals surface area contributed by atoms with Gasteiger partial charge in [-0.3, -0.25) is 4.99 Å². The van der Waals surface area contributed by atoms with Gasteiger partial charge in [0.1, 0.15) is 0 Å². The summed E-state index contributed by atoms with van der Waals surface area (Å²) in [4.78, 5) is 5.82. The van der Waals surface area contributed by atoms with Gasteiger partial charge in [0.25, 0.3) is 0 Å². The minimum absolute atomic E-state index is 0.194. The van der Waals surface area contributed by atoms with Crippen LogP contribution in [0.5, 0.6) is 0 Å². The molecule has 2 nitrogen and oxygen atoms in total. The minimum Gasteiger partial charge on any atom is -0.364 e. The Bertz CT molecular complexity index is 341. The van der Waals surface area contributed by atoms with E-state index in [9.17, 15) is 0 Å². The highest BCUT2D eigenvalue weighted by atomic mass is 32.2. The standard InChI is InChI=1S/C11H16N2S2/c1-11(2,9-4-3-6-14-9)8-13-10-12-5-7-15-10/h3-4,6H,5,7-8H2,1-2H3,(H,12,13). The first kappa shape index (κ1) is 11.0. The van der Waals surface area contributed by atoms with Gasteiger partial charge in [-0.2, -0.15) is 0 Å². The molecule has 0 saturated carbocycles. The summed E-state index contributed by atoms with van der Waals surface area (Å²) < 4.78 is 0. The van der Waals surface area contributed by atoms with Crippen LogP contribution in [0.15, 0.2) is 22.5 Å². The van der Waals surface area contributed by atoms with Gasteiger partial charge in [0.15, 0.2) is 5.17 Å². The summed E-state index contributed by atoms with van der Waals surface area (Å²) in [5, 5.41) is 6.68. The summed E-state index contributed by atoms with van der Waals surface area (Å²) in [6, 6.07) is 4.32. The van der Waals surface area contributed by atoms with Gasteiger partial charge in [-0.25, -0.2) is 0 Å². The summed E-state index contributed by atoms with van der Waals surface area (Å²) in [5.74, 6) is 1.13. The molecule has 1 aromatic rings. The fourth-order valence-electron chi connectivity index (χ4n) is 1.49. The first-order valence-electron chi connectivity index (χ1n) is 5.13. The maximum Gasteiger partial charge on any atom is 0.156 e. The van der Waals surface area contributed by atoms with Gasteiger partial charge in [0.05, 0.1) is 6.54 Å². The molecule has 82 valence electrons. The highest BCUT2D eigenvalue weighted by molar-refractivity contribution is 8.14. The highest BCUT2D eigenvalue weighted by Gasteiger charge is 2.22. The molecule has 0 aromatic carbocycles. The van der Waals surface area contributed by atoms with Gasteiger partial charge in [0, 0.05) is 22.6 Å². The van der Waals surface area contributed by atoms with Crippen LogP contribution in [0.2, 0.25) is 0 Å². The molecule has 0 bridgehead atoms. The Kier molecular flexibility index (Phi) is 3.36. The van der Waals surface area contributed by atoms with Crippen molar-refractivity contribution in [2.45, 2.75) is 19.3 Å². The van der Waals surface area contributed by atoms with Gasteiger partial charge in [-0.15, -0.1) is 11.3 Å². The average Bonchev–Trinajstić information content (AvgIpc) is 2.88. The monoisotopic (exact) mass is 240 g/mol. The summed E-state index contributed by atoms with van der Waals surface area (Å²) in [7, 11) is 0. The molecule has 0 spiro atoms. The van der Waals surface area contributed by atoms with E-state index in [1.165, 1.54) is 4.88 Å². The van der Waals surface area contributed by atoms with Crippen molar-refractivity contribution in [1.82, 2.24) is 5.32 Å². The molecule has 0 amide bonds. The second-order valence-corrected chi connectivity index (χ2v) is 6.28. The number of thioether (sulfide) groups is 1. The third-order valence-electron chi connectivity index (χ3n) is 2.46. The molecular formula is C11H16N2S2. The SMILES string of the molecule is CC(C)(CNC1=NCCS1)c1cccs1. The Morgan fingerprint density at radius 3 is 3.00 bits per heavy atom. The van der Waals surface area contributed by atoms with E-state index in [0.717, 1.165) is 24.0 Å². The zero-order chi connectivity index (χ0) is 10.7. The lowest BCUT2D eigenvalue weighted by molar-refractivity contribution is 0.525. The lowest BCUT2D eigenvalue weighted by atomic mass is 9.92. The molecule has 1 N–H and O–H groups in total. The number of aliphatic imine (C=N–C) groups is 1. The number of rotatable bonds is 3. The van der Waals surface area contributed by atoms with Crippen molar-refractivity contribution in [1.29, 1.82) is 0 Å². The van der Waals surface area contributed by atoms with E-state index >= 15 is 0 Å². The molecule has 0 atom stereocenters. The third-order valence-corrected chi connectivity index (χ3v) is 4.62. The maximum absolute atomic E-state index is 4.39. The van der Waals surface area contributed by atoms with E-state index in [-0.39, 0.29) is 5.41 Å². The lowest BCUT2D eigenvalue weighted by Gasteiger charge is -2.23. The molecule has 0 fully saturated rings. The molecule has 0 saturated heterocycles. The van der Waals surface area contributed by atoms with Crippen LogP contribution in [0, 0.1) is 0 Å². The van der Waals surface area contributed by atoms with E-state index in [1.807, 2.05) is 23.1 Å². The van der Waals surface area contributed by atoms with Crippen LogP contribution >= 0.6 is 23.1 Å². The molecule has 15 heavy (non-hydrogen) atoms. The molecular weight excluding hydrogens is 224 g/mol. The van der Waals surface area contributed by atoms with Crippen molar-refractivity contribution in [2.24, 2.45) is 4.99 Å². The second kappa shape index (κ2) is 4.58. The summed E-state index contributed by atoms with van der Waals surface area (Å²) in [6.07, 6.45) is 0. The molecule has 1 aromatic heterocycles. The van der Waals surface area contributed by atoms with Crippen molar-refractivity contribution in [2.75, 3.05) is 18.8 Å². The van der Waals surface area contributed by atoms with E-state index in [4.69, 9.17) is 0 Å². The smallest absolute Gasteiger partial charge is 0.156 e. The number of nitrogens with one attached hydrogen (secondary N) is 1. The molecule has 0 radical (unpaired) electrons. The van der Waals surface area contributed by atoms with Crippen LogP contribution in [0.3, 0.4) is 0 Å². The Morgan fingerprint density at radius 2 is 2.40 bits per heavy atom. The largest absolute Gasteiger partial charge is 0.364 e. The van der Waals surface area contributed by atoms with Crippen LogP contribution in [-0.2, 0) is 5.41 Å². The summed E-state index contributed by atoms with van der Waals surface area (Å²) in [5.41, 5.74) is 0.194. The second-order valence-electron chi connectivity index (χ2n) is 4.25. The molecule has 1 aliphatic rings. The number of hydrogen-bond donors (Lipinski definition) is 1. The Balaban J connectivity index is 1.93. The van der Waals surface area contributed by atoms with Crippen LogP contribution in [0.4, 0.5) is 0 Å². The number of thiophene rings is 1. The summed E-state index contributed by atoms with van der Waals surface area (Å²) >= 11 is 3.65. The molecule has 0 aliphatic carbocycles. The van der Waals surface area contributed by atoms with Crippen molar-refractivity contribution in [3.63, 3.8) is 0 Å². The van der Waals surface area contributed by atoms with Crippen LogP contribution in [0.25, 0.3) is 0 Å². The molecule has 2 heterocycles. The van der Waals surface area contributed by atoms with Gasteiger partial charge >= 0.3 is 0 Å². The summed E-state index contributed by atoms with van der Waals surface area (Å²) in [6.45, 7) is 6.46. The van der Waals surface area contributed by atoms with Gasteiger partial charge in [0.2, 0.25) is 0 Å². The Hall–Kier alpha value is -0.480. The van der Waals surface area contributed by atoms with Crippen molar-refractivity contribution in [3.8, 4) is 0 Å². The molecule has 1 aliphatic heterocycles. The van der Waals surface area contributed by atoms with Crippen molar-refractivity contribution >= 4 is 28.3 Å². The predicted octanol–water partition coefficient (Wildman–Crippen LogP) is 2.72. The Morgan fingerprint density at radius 1 is 1.53 bits per heavy atom. The zero-order valence-electron chi connectivity index (χ0n) is 9.12. The van der Waals surface area contributed by atoms with E-state index < -0.39 is 0 Å². The first-order chi connectivity index (χ1) is 7.18. The van der Waals surface area contributed by atoms with Crippen LogP contribution in [0.1, 0.15) is 18.7 Å². The Labute approximate surface area is 99.2 Å². The van der Waals surface area contributed by atoms with E-state index in [2.05, 4.69) is 41.7 Å². The number of hydrogen-bond acceptors (Lipinski definition) is 4. The van der Waals surface area contributed by atoms with Crippen molar-refractivity contribution in [3.05, 3.63) is 22.4 Å². The fraction of sp³-hybridized carbons (Fsp3) is 0.545. The maximum atomic E-state index is 4.39. The van der Waals surface area contributed by atoms with Gasteiger partial charge in [-0.05, 0) is 11.4 Å². The highest BCUT2D eigenvalue weighted by Crippen LogP contribution is 2.26. The van der Waals surface area contributed by atoms with Crippen LogP contribution < -0.4 is 5.32 Å². The first-order valence-corrected chi connectivity index (χ1v) is 7.00. The molecule has 0 unspecified atom stereocenters. The van der Waals surface area contributed by atoms with Gasteiger partial charge in [-0.1, -0.05) is 31.7 Å². The van der Waals surface area contributed by atoms with E-state index in [1.54, 1.807) is 0 Å². The number of nitrogens with zero attached hydrogens (tertiary/aromatic N) is 1. The van der Waals surface area contributed by atoms with Crippen LogP contribution in [-0.4, -0.2) is 24.0 Å². The van der Waals surface area contributed by atoms with Gasteiger partial charge < -0.3 is 5.32 Å². The third kappa shape index (κ3) is 2.75. The molecule has 4 heteroatoms.